The van der Waals surface area contributed by atoms with Crippen LogP contribution < -0.4 is 5.32 Å². The maximum atomic E-state index is 12.1. The molecular formula is C16H22BrNO. The summed E-state index contributed by atoms with van der Waals surface area (Å²) in [5.74, 6) is 0.505. The van der Waals surface area contributed by atoms with Crippen LogP contribution in [0.1, 0.15) is 44.6 Å². The SMILES string of the molecule is CC(Cc1ccc(Br)cc1)NC(=O)C1CCCCC1. The average molecular weight is 324 g/mol. The van der Waals surface area contributed by atoms with Gasteiger partial charge in [0.1, 0.15) is 0 Å². The van der Waals surface area contributed by atoms with Crippen LogP contribution >= 0.6 is 15.9 Å². The average Bonchev–Trinajstić information content (AvgIpc) is 2.42. The van der Waals surface area contributed by atoms with Crippen LogP contribution in [0.15, 0.2) is 28.7 Å². The van der Waals surface area contributed by atoms with Gasteiger partial charge in [-0.3, -0.25) is 4.79 Å². The highest BCUT2D eigenvalue weighted by Crippen LogP contribution is 2.23. The van der Waals surface area contributed by atoms with Crippen LogP contribution in [0.5, 0.6) is 0 Å². The van der Waals surface area contributed by atoms with Gasteiger partial charge in [0, 0.05) is 16.4 Å². The summed E-state index contributed by atoms with van der Waals surface area (Å²) in [7, 11) is 0. The smallest absolute Gasteiger partial charge is 0.223 e. The molecule has 1 aliphatic carbocycles. The number of benzene rings is 1. The second-order valence-electron chi connectivity index (χ2n) is 5.58. The van der Waals surface area contributed by atoms with Crippen molar-refractivity contribution in [2.75, 3.05) is 0 Å². The molecular weight excluding hydrogens is 302 g/mol. The van der Waals surface area contributed by atoms with E-state index in [1.807, 2.05) is 12.1 Å². The number of rotatable bonds is 4. The van der Waals surface area contributed by atoms with Gasteiger partial charge in [0.2, 0.25) is 5.91 Å². The third kappa shape index (κ3) is 4.64. The highest BCUT2D eigenvalue weighted by molar-refractivity contribution is 9.10. The molecule has 1 amide bonds. The highest BCUT2D eigenvalue weighted by atomic mass is 79.9. The molecule has 0 radical (unpaired) electrons. The Morgan fingerprint density at radius 2 is 1.89 bits per heavy atom. The van der Waals surface area contributed by atoms with Gasteiger partial charge in [-0.2, -0.15) is 0 Å². The van der Waals surface area contributed by atoms with Gasteiger partial charge >= 0.3 is 0 Å². The number of hydrogen-bond acceptors (Lipinski definition) is 1. The zero-order valence-electron chi connectivity index (χ0n) is 11.5. The fraction of sp³-hybridized carbons (Fsp3) is 0.562. The molecule has 19 heavy (non-hydrogen) atoms. The highest BCUT2D eigenvalue weighted by Gasteiger charge is 2.22. The Kier molecular flexibility index (Phi) is 5.44. The van der Waals surface area contributed by atoms with Crippen LogP contribution in [0, 0.1) is 5.92 Å². The van der Waals surface area contributed by atoms with Crippen molar-refractivity contribution in [1.29, 1.82) is 0 Å². The lowest BCUT2D eigenvalue weighted by Gasteiger charge is -2.23. The molecule has 1 aliphatic rings. The first kappa shape index (κ1) is 14.6. The molecule has 0 spiro atoms. The van der Waals surface area contributed by atoms with Crippen molar-refractivity contribution in [2.24, 2.45) is 5.92 Å². The maximum absolute atomic E-state index is 12.1. The number of nitrogens with one attached hydrogen (secondary N) is 1. The quantitative estimate of drug-likeness (QED) is 0.888. The number of carbonyl (C=O) groups is 1. The van der Waals surface area contributed by atoms with Crippen molar-refractivity contribution in [3.05, 3.63) is 34.3 Å². The molecule has 1 atom stereocenters. The van der Waals surface area contributed by atoms with Gasteiger partial charge in [-0.05, 0) is 43.9 Å². The second-order valence-corrected chi connectivity index (χ2v) is 6.49. The van der Waals surface area contributed by atoms with Gasteiger partial charge in [0.25, 0.3) is 0 Å². The van der Waals surface area contributed by atoms with Gasteiger partial charge < -0.3 is 5.32 Å². The lowest BCUT2D eigenvalue weighted by Crippen LogP contribution is -2.39. The van der Waals surface area contributed by atoms with E-state index in [-0.39, 0.29) is 17.9 Å². The fourth-order valence-corrected chi connectivity index (χ4v) is 3.01. The minimum Gasteiger partial charge on any atom is -0.353 e. The van der Waals surface area contributed by atoms with Crippen molar-refractivity contribution >= 4 is 21.8 Å². The molecule has 1 N–H and O–H groups in total. The molecule has 2 rings (SSSR count). The van der Waals surface area contributed by atoms with E-state index in [0.29, 0.717) is 0 Å². The lowest BCUT2D eigenvalue weighted by atomic mass is 9.88. The summed E-state index contributed by atoms with van der Waals surface area (Å²) in [6.45, 7) is 2.09. The van der Waals surface area contributed by atoms with E-state index >= 15 is 0 Å². The molecule has 104 valence electrons. The molecule has 0 heterocycles. The molecule has 1 unspecified atom stereocenters. The zero-order chi connectivity index (χ0) is 13.7. The Bertz CT molecular complexity index is 409. The van der Waals surface area contributed by atoms with Crippen molar-refractivity contribution < 1.29 is 4.79 Å². The van der Waals surface area contributed by atoms with Crippen LogP contribution in [-0.2, 0) is 11.2 Å². The zero-order valence-corrected chi connectivity index (χ0v) is 13.1. The Hall–Kier alpha value is -0.830. The van der Waals surface area contributed by atoms with Crippen molar-refractivity contribution in [3.8, 4) is 0 Å². The van der Waals surface area contributed by atoms with E-state index in [1.165, 1.54) is 24.8 Å². The van der Waals surface area contributed by atoms with Gasteiger partial charge in [-0.25, -0.2) is 0 Å². The molecule has 0 bridgehead atoms. The fourth-order valence-electron chi connectivity index (χ4n) is 2.75. The van der Waals surface area contributed by atoms with E-state index in [2.05, 4.69) is 40.3 Å². The van der Waals surface area contributed by atoms with Gasteiger partial charge in [-0.1, -0.05) is 47.3 Å². The summed E-state index contributed by atoms with van der Waals surface area (Å²) in [6, 6.07) is 8.51. The molecule has 0 saturated heterocycles. The molecule has 1 fully saturated rings. The van der Waals surface area contributed by atoms with Gasteiger partial charge in [0.15, 0.2) is 0 Å². The second kappa shape index (κ2) is 7.09. The standard InChI is InChI=1S/C16H22BrNO/c1-12(11-13-7-9-15(17)10-8-13)18-16(19)14-5-3-2-4-6-14/h7-10,12,14H,2-6,11H2,1H3,(H,18,19). The molecule has 1 aromatic rings. The molecule has 2 nitrogen and oxygen atoms in total. The summed E-state index contributed by atoms with van der Waals surface area (Å²) in [6.07, 6.45) is 6.73. The van der Waals surface area contributed by atoms with Crippen LogP contribution in [0.4, 0.5) is 0 Å². The molecule has 1 saturated carbocycles. The first-order valence-electron chi connectivity index (χ1n) is 7.20. The first-order valence-corrected chi connectivity index (χ1v) is 7.99. The Morgan fingerprint density at radius 1 is 1.26 bits per heavy atom. The van der Waals surface area contributed by atoms with Crippen molar-refractivity contribution in [3.63, 3.8) is 0 Å². The summed E-state index contributed by atoms with van der Waals surface area (Å²) < 4.78 is 1.09. The summed E-state index contributed by atoms with van der Waals surface area (Å²) >= 11 is 3.43. The van der Waals surface area contributed by atoms with Crippen molar-refractivity contribution in [2.45, 2.75) is 51.5 Å². The largest absolute Gasteiger partial charge is 0.353 e. The number of halogens is 1. The van der Waals surface area contributed by atoms with Crippen LogP contribution in [0.3, 0.4) is 0 Å². The molecule has 0 aliphatic heterocycles. The van der Waals surface area contributed by atoms with E-state index in [0.717, 1.165) is 23.7 Å². The number of hydrogen-bond donors (Lipinski definition) is 1. The first-order chi connectivity index (χ1) is 9.15. The summed E-state index contributed by atoms with van der Waals surface area (Å²) in [4.78, 5) is 12.1. The van der Waals surface area contributed by atoms with Crippen LogP contribution in [-0.4, -0.2) is 11.9 Å². The van der Waals surface area contributed by atoms with E-state index in [9.17, 15) is 4.79 Å². The summed E-state index contributed by atoms with van der Waals surface area (Å²) in [5.41, 5.74) is 1.26. The molecule has 1 aromatic carbocycles. The normalized spacial score (nSPS) is 18.0. The Balaban J connectivity index is 1.81. The Morgan fingerprint density at radius 3 is 2.53 bits per heavy atom. The predicted molar refractivity (Wildman–Crippen MR) is 82.0 cm³/mol. The number of carbonyl (C=O) groups excluding carboxylic acids is 1. The Labute approximate surface area is 124 Å². The minimum absolute atomic E-state index is 0.204. The van der Waals surface area contributed by atoms with Crippen molar-refractivity contribution in [1.82, 2.24) is 5.32 Å². The third-order valence-corrected chi connectivity index (χ3v) is 4.35. The topological polar surface area (TPSA) is 29.1 Å². The maximum Gasteiger partial charge on any atom is 0.223 e. The molecule has 3 heteroatoms. The van der Waals surface area contributed by atoms with E-state index in [4.69, 9.17) is 0 Å². The minimum atomic E-state index is 0.204. The van der Waals surface area contributed by atoms with E-state index < -0.39 is 0 Å². The van der Waals surface area contributed by atoms with Crippen LogP contribution in [0.25, 0.3) is 0 Å². The summed E-state index contributed by atoms with van der Waals surface area (Å²) in [5, 5.41) is 3.16. The van der Waals surface area contributed by atoms with Gasteiger partial charge in [0.05, 0.1) is 0 Å². The third-order valence-electron chi connectivity index (χ3n) is 3.82. The monoisotopic (exact) mass is 323 g/mol. The van der Waals surface area contributed by atoms with Crippen LogP contribution in [0.2, 0.25) is 0 Å². The van der Waals surface area contributed by atoms with E-state index in [1.54, 1.807) is 0 Å². The lowest BCUT2D eigenvalue weighted by molar-refractivity contribution is -0.126. The number of amides is 1. The molecule has 0 aromatic heterocycles. The predicted octanol–water partition coefficient (Wildman–Crippen LogP) is 4.08. The van der Waals surface area contributed by atoms with Gasteiger partial charge in [-0.15, -0.1) is 0 Å².